The standard InChI is InChI=1S/C11H15NO2S/c1-2-3-6-15-11(12)9-5-4-8(13)7-10(9)14/h4-5,7,12-14H,2-3,6H2,1H3. The summed E-state index contributed by atoms with van der Waals surface area (Å²) < 4.78 is 0. The van der Waals surface area contributed by atoms with Crippen LogP contribution in [0.1, 0.15) is 25.3 Å². The molecule has 0 saturated carbocycles. The second-order valence-corrected chi connectivity index (χ2v) is 4.34. The molecule has 1 rings (SSSR count). The predicted molar refractivity (Wildman–Crippen MR) is 64.0 cm³/mol. The van der Waals surface area contributed by atoms with E-state index in [1.165, 1.54) is 23.9 Å². The highest BCUT2D eigenvalue weighted by Crippen LogP contribution is 2.26. The van der Waals surface area contributed by atoms with Gasteiger partial charge in [-0.25, -0.2) is 0 Å². The third-order valence-corrected chi connectivity index (χ3v) is 2.97. The summed E-state index contributed by atoms with van der Waals surface area (Å²) in [5.74, 6) is 0.863. The van der Waals surface area contributed by atoms with Gasteiger partial charge in [0.2, 0.25) is 0 Å². The Kier molecular flexibility index (Phi) is 4.49. The number of aromatic hydroxyl groups is 2. The van der Waals surface area contributed by atoms with Gasteiger partial charge in [0.05, 0.1) is 5.04 Å². The van der Waals surface area contributed by atoms with E-state index >= 15 is 0 Å². The lowest BCUT2D eigenvalue weighted by molar-refractivity contribution is 0.450. The molecule has 0 aliphatic carbocycles. The van der Waals surface area contributed by atoms with Crippen LogP contribution in [0.4, 0.5) is 0 Å². The summed E-state index contributed by atoms with van der Waals surface area (Å²) >= 11 is 1.42. The van der Waals surface area contributed by atoms with E-state index in [4.69, 9.17) is 10.5 Å². The fourth-order valence-corrected chi connectivity index (χ4v) is 2.07. The molecule has 0 heterocycles. The zero-order valence-electron chi connectivity index (χ0n) is 8.66. The average molecular weight is 225 g/mol. The lowest BCUT2D eigenvalue weighted by atomic mass is 10.2. The molecule has 0 atom stereocenters. The van der Waals surface area contributed by atoms with Gasteiger partial charge in [-0.05, 0) is 24.3 Å². The van der Waals surface area contributed by atoms with E-state index in [1.54, 1.807) is 6.07 Å². The van der Waals surface area contributed by atoms with Crippen molar-refractivity contribution in [2.24, 2.45) is 0 Å². The number of phenolic OH excluding ortho intramolecular Hbond substituents is 2. The van der Waals surface area contributed by atoms with Crippen LogP contribution in [0.2, 0.25) is 0 Å². The molecule has 1 aromatic rings. The third-order valence-electron chi connectivity index (χ3n) is 1.97. The van der Waals surface area contributed by atoms with Crippen LogP contribution in [0.3, 0.4) is 0 Å². The highest BCUT2D eigenvalue weighted by Gasteiger charge is 2.08. The predicted octanol–water partition coefficient (Wildman–Crippen LogP) is 2.96. The van der Waals surface area contributed by atoms with Crippen LogP contribution in [-0.2, 0) is 0 Å². The van der Waals surface area contributed by atoms with Gasteiger partial charge < -0.3 is 10.2 Å². The van der Waals surface area contributed by atoms with Crippen molar-refractivity contribution in [1.82, 2.24) is 0 Å². The number of benzene rings is 1. The SMILES string of the molecule is CCCCSC(=N)c1ccc(O)cc1O. The minimum Gasteiger partial charge on any atom is -0.508 e. The second kappa shape index (κ2) is 5.66. The molecule has 3 nitrogen and oxygen atoms in total. The van der Waals surface area contributed by atoms with Crippen LogP contribution < -0.4 is 0 Å². The molecule has 0 fully saturated rings. The van der Waals surface area contributed by atoms with E-state index in [0.29, 0.717) is 10.6 Å². The number of unbranched alkanes of at least 4 members (excludes halogenated alkanes) is 1. The summed E-state index contributed by atoms with van der Waals surface area (Å²) in [6.45, 7) is 2.10. The molecule has 1 aromatic carbocycles. The Labute approximate surface area is 93.7 Å². The van der Waals surface area contributed by atoms with E-state index < -0.39 is 0 Å². The Morgan fingerprint density at radius 2 is 2.13 bits per heavy atom. The van der Waals surface area contributed by atoms with Crippen molar-refractivity contribution in [1.29, 1.82) is 5.41 Å². The highest BCUT2D eigenvalue weighted by atomic mass is 32.2. The first kappa shape index (κ1) is 11.9. The summed E-state index contributed by atoms with van der Waals surface area (Å²) in [6.07, 6.45) is 2.16. The maximum absolute atomic E-state index is 9.50. The van der Waals surface area contributed by atoms with Gasteiger partial charge in [0, 0.05) is 11.6 Å². The first-order chi connectivity index (χ1) is 7.15. The number of phenols is 2. The maximum Gasteiger partial charge on any atom is 0.129 e. The first-order valence-electron chi connectivity index (χ1n) is 4.89. The van der Waals surface area contributed by atoms with Gasteiger partial charge in [0.15, 0.2) is 0 Å². The lowest BCUT2D eigenvalue weighted by Gasteiger charge is -2.06. The molecule has 0 radical (unpaired) electrons. The summed E-state index contributed by atoms with van der Waals surface area (Å²) in [5, 5.41) is 26.7. The molecule has 82 valence electrons. The molecule has 3 N–H and O–H groups in total. The molecular weight excluding hydrogens is 210 g/mol. The molecule has 0 aliphatic heterocycles. The minimum absolute atomic E-state index is 0.0163. The number of nitrogens with one attached hydrogen (secondary N) is 1. The van der Waals surface area contributed by atoms with Crippen LogP contribution >= 0.6 is 11.8 Å². The summed E-state index contributed by atoms with van der Waals surface area (Å²) in [7, 11) is 0. The van der Waals surface area contributed by atoms with Crippen molar-refractivity contribution in [3.63, 3.8) is 0 Å². The summed E-state index contributed by atoms with van der Waals surface area (Å²) in [4.78, 5) is 0. The lowest BCUT2D eigenvalue weighted by Crippen LogP contribution is -1.95. The van der Waals surface area contributed by atoms with E-state index in [9.17, 15) is 5.11 Å². The molecule has 15 heavy (non-hydrogen) atoms. The van der Waals surface area contributed by atoms with Crippen molar-refractivity contribution in [2.45, 2.75) is 19.8 Å². The number of rotatable bonds is 4. The average Bonchev–Trinajstić information content (AvgIpc) is 2.17. The van der Waals surface area contributed by atoms with Crippen molar-refractivity contribution < 1.29 is 10.2 Å². The van der Waals surface area contributed by atoms with Crippen LogP contribution in [-0.4, -0.2) is 21.0 Å². The second-order valence-electron chi connectivity index (χ2n) is 3.23. The van der Waals surface area contributed by atoms with Crippen LogP contribution in [0, 0.1) is 5.41 Å². The van der Waals surface area contributed by atoms with Gasteiger partial charge in [-0.1, -0.05) is 13.3 Å². The molecule has 0 aromatic heterocycles. The summed E-state index contributed by atoms with van der Waals surface area (Å²) in [5.41, 5.74) is 0.480. The Morgan fingerprint density at radius 1 is 1.40 bits per heavy atom. The van der Waals surface area contributed by atoms with Crippen molar-refractivity contribution in [3.8, 4) is 11.5 Å². The molecule has 0 saturated heterocycles. The highest BCUT2D eigenvalue weighted by molar-refractivity contribution is 8.14. The van der Waals surface area contributed by atoms with Gasteiger partial charge in [-0.2, -0.15) is 0 Å². The van der Waals surface area contributed by atoms with Crippen molar-refractivity contribution in [3.05, 3.63) is 23.8 Å². The van der Waals surface area contributed by atoms with E-state index in [-0.39, 0.29) is 11.5 Å². The molecule has 0 aliphatic rings. The number of hydrogen-bond acceptors (Lipinski definition) is 4. The largest absolute Gasteiger partial charge is 0.508 e. The Hall–Kier alpha value is -1.16. The van der Waals surface area contributed by atoms with Crippen LogP contribution in [0.5, 0.6) is 11.5 Å². The van der Waals surface area contributed by atoms with Gasteiger partial charge in [0.1, 0.15) is 11.5 Å². The van der Waals surface area contributed by atoms with Gasteiger partial charge in [0.25, 0.3) is 0 Å². The van der Waals surface area contributed by atoms with Crippen molar-refractivity contribution >= 4 is 16.8 Å². The number of hydrogen-bond donors (Lipinski definition) is 3. The van der Waals surface area contributed by atoms with Gasteiger partial charge >= 0.3 is 0 Å². The van der Waals surface area contributed by atoms with Crippen LogP contribution in [0.25, 0.3) is 0 Å². The Morgan fingerprint density at radius 3 is 2.73 bits per heavy atom. The fraction of sp³-hybridized carbons (Fsp3) is 0.364. The summed E-state index contributed by atoms with van der Waals surface area (Å²) in [6, 6.07) is 4.29. The zero-order chi connectivity index (χ0) is 11.3. The quantitative estimate of drug-likeness (QED) is 0.419. The van der Waals surface area contributed by atoms with Gasteiger partial charge in [-0.3, -0.25) is 5.41 Å². The Balaban J connectivity index is 2.65. The molecule has 0 bridgehead atoms. The molecular formula is C11H15NO2S. The fourth-order valence-electron chi connectivity index (χ4n) is 1.11. The topological polar surface area (TPSA) is 64.3 Å². The molecule has 0 spiro atoms. The zero-order valence-corrected chi connectivity index (χ0v) is 9.47. The normalized spacial score (nSPS) is 10.2. The molecule has 0 amide bonds. The van der Waals surface area contributed by atoms with E-state index in [1.807, 2.05) is 0 Å². The van der Waals surface area contributed by atoms with Gasteiger partial charge in [-0.15, -0.1) is 11.8 Å². The van der Waals surface area contributed by atoms with E-state index in [0.717, 1.165) is 18.6 Å². The molecule has 0 unspecified atom stereocenters. The third kappa shape index (κ3) is 3.47. The van der Waals surface area contributed by atoms with E-state index in [2.05, 4.69) is 6.92 Å². The maximum atomic E-state index is 9.50. The first-order valence-corrected chi connectivity index (χ1v) is 5.87. The monoisotopic (exact) mass is 225 g/mol. The smallest absolute Gasteiger partial charge is 0.129 e. The van der Waals surface area contributed by atoms with Crippen molar-refractivity contribution in [2.75, 3.05) is 5.75 Å². The molecule has 4 heteroatoms. The minimum atomic E-state index is -0.0380. The Bertz CT molecular complexity index is 352. The number of thioether (sulfide) groups is 1. The van der Waals surface area contributed by atoms with Crippen LogP contribution in [0.15, 0.2) is 18.2 Å².